The molecule has 1 aliphatic rings. The lowest BCUT2D eigenvalue weighted by Gasteiger charge is -2.32. The fraction of sp³-hybridized carbons (Fsp3) is 0.389. The SMILES string of the molecule is CC1(C)OB(c2cccc(CNC(=O)c3cccnn3)c2)OC1(C)C. The van der Waals surface area contributed by atoms with E-state index in [0.717, 1.165) is 11.0 Å². The van der Waals surface area contributed by atoms with Crippen LogP contribution in [0.1, 0.15) is 43.7 Å². The van der Waals surface area contributed by atoms with Crippen molar-refractivity contribution in [1.29, 1.82) is 0 Å². The number of benzene rings is 1. The summed E-state index contributed by atoms with van der Waals surface area (Å²) in [5.74, 6) is -0.255. The number of amides is 1. The molecule has 2 heterocycles. The van der Waals surface area contributed by atoms with Crippen LogP contribution in [0.2, 0.25) is 0 Å². The van der Waals surface area contributed by atoms with E-state index in [4.69, 9.17) is 9.31 Å². The highest BCUT2D eigenvalue weighted by molar-refractivity contribution is 6.62. The van der Waals surface area contributed by atoms with E-state index in [2.05, 4.69) is 15.5 Å². The first kappa shape index (κ1) is 17.6. The molecule has 25 heavy (non-hydrogen) atoms. The Hall–Kier alpha value is -2.25. The third-order valence-corrected chi connectivity index (χ3v) is 4.73. The molecule has 1 aromatic carbocycles. The molecule has 0 spiro atoms. The van der Waals surface area contributed by atoms with Gasteiger partial charge in [0.2, 0.25) is 0 Å². The summed E-state index contributed by atoms with van der Waals surface area (Å²) in [6.07, 6.45) is 1.53. The molecule has 1 aliphatic heterocycles. The smallest absolute Gasteiger partial charge is 0.399 e. The van der Waals surface area contributed by atoms with Crippen molar-refractivity contribution in [3.63, 3.8) is 0 Å². The Balaban J connectivity index is 1.68. The van der Waals surface area contributed by atoms with Gasteiger partial charge in [-0.05, 0) is 50.9 Å². The maximum atomic E-state index is 12.1. The summed E-state index contributed by atoms with van der Waals surface area (Å²) in [4.78, 5) is 12.1. The van der Waals surface area contributed by atoms with Gasteiger partial charge < -0.3 is 14.6 Å². The van der Waals surface area contributed by atoms with Gasteiger partial charge in [-0.25, -0.2) is 0 Å². The minimum absolute atomic E-state index is 0.255. The molecule has 0 saturated carbocycles. The highest BCUT2D eigenvalue weighted by atomic mass is 16.7. The van der Waals surface area contributed by atoms with Crippen LogP contribution in [0, 0.1) is 0 Å². The summed E-state index contributed by atoms with van der Waals surface area (Å²) in [7, 11) is -0.416. The molecule has 0 aliphatic carbocycles. The van der Waals surface area contributed by atoms with Crippen molar-refractivity contribution in [2.24, 2.45) is 0 Å². The number of hydrogen-bond donors (Lipinski definition) is 1. The summed E-state index contributed by atoms with van der Waals surface area (Å²) >= 11 is 0. The Kier molecular flexibility index (Phi) is 4.62. The summed E-state index contributed by atoms with van der Waals surface area (Å²) in [5.41, 5.74) is 1.43. The molecule has 6 nitrogen and oxygen atoms in total. The van der Waals surface area contributed by atoms with Gasteiger partial charge in [0.1, 0.15) is 0 Å². The zero-order valence-electron chi connectivity index (χ0n) is 14.9. The second-order valence-corrected chi connectivity index (χ2v) is 7.12. The van der Waals surface area contributed by atoms with Crippen LogP contribution in [0.3, 0.4) is 0 Å². The Bertz CT molecular complexity index is 749. The molecule has 7 heteroatoms. The number of aromatic nitrogens is 2. The molecule has 0 unspecified atom stereocenters. The molecule has 3 rings (SSSR count). The van der Waals surface area contributed by atoms with Crippen molar-refractivity contribution in [2.45, 2.75) is 45.4 Å². The minimum atomic E-state index is -0.416. The highest BCUT2D eigenvalue weighted by Gasteiger charge is 2.51. The second kappa shape index (κ2) is 6.57. The van der Waals surface area contributed by atoms with Crippen LogP contribution < -0.4 is 10.8 Å². The molecule has 130 valence electrons. The Labute approximate surface area is 148 Å². The number of carbonyl (C=O) groups excluding carboxylic acids is 1. The first-order valence-electron chi connectivity index (χ1n) is 8.29. The van der Waals surface area contributed by atoms with Gasteiger partial charge in [0.15, 0.2) is 5.69 Å². The molecule has 1 amide bonds. The van der Waals surface area contributed by atoms with E-state index >= 15 is 0 Å². The number of carbonyl (C=O) groups is 1. The van der Waals surface area contributed by atoms with E-state index in [0.29, 0.717) is 12.2 Å². The van der Waals surface area contributed by atoms with Gasteiger partial charge in [0.25, 0.3) is 5.91 Å². The molecule has 1 fully saturated rings. The summed E-state index contributed by atoms with van der Waals surface area (Å²) in [6, 6.07) is 11.1. The number of nitrogens with zero attached hydrogens (tertiary/aromatic N) is 2. The maximum Gasteiger partial charge on any atom is 0.494 e. The van der Waals surface area contributed by atoms with Crippen LogP contribution in [-0.2, 0) is 15.9 Å². The van der Waals surface area contributed by atoms with Gasteiger partial charge in [0.05, 0.1) is 11.2 Å². The van der Waals surface area contributed by atoms with Crippen molar-refractivity contribution in [3.8, 4) is 0 Å². The van der Waals surface area contributed by atoms with Crippen molar-refractivity contribution in [3.05, 3.63) is 53.9 Å². The zero-order valence-corrected chi connectivity index (χ0v) is 14.9. The molecule has 1 aromatic heterocycles. The molecule has 1 saturated heterocycles. The Morgan fingerprint density at radius 1 is 1.12 bits per heavy atom. The lowest BCUT2D eigenvalue weighted by molar-refractivity contribution is 0.00578. The van der Waals surface area contributed by atoms with E-state index < -0.39 is 7.12 Å². The normalized spacial score (nSPS) is 18.2. The van der Waals surface area contributed by atoms with Crippen LogP contribution in [0.25, 0.3) is 0 Å². The molecular formula is C18H22BN3O3. The number of rotatable bonds is 4. The summed E-state index contributed by atoms with van der Waals surface area (Å²) < 4.78 is 12.1. The van der Waals surface area contributed by atoms with E-state index in [9.17, 15) is 4.79 Å². The quantitative estimate of drug-likeness (QED) is 0.859. The number of hydrogen-bond acceptors (Lipinski definition) is 5. The molecule has 0 bridgehead atoms. The van der Waals surface area contributed by atoms with Gasteiger partial charge in [0, 0.05) is 12.7 Å². The third-order valence-electron chi connectivity index (χ3n) is 4.73. The first-order valence-corrected chi connectivity index (χ1v) is 8.29. The zero-order chi connectivity index (χ0) is 18.1. The van der Waals surface area contributed by atoms with Crippen molar-refractivity contribution >= 4 is 18.5 Å². The average Bonchev–Trinajstić information content (AvgIpc) is 2.81. The van der Waals surface area contributed by atoms with Crippen LogP contribution in [0.5, 0.6) is 0 Å². The molecule has 0 atom stereocenters. The minimum Gasteiger partial charge on any atom is -0.399 e. The predicted octanol–water partition coefficient (Wildman–Crippen LogP) is 1.71. The first-order chi connectivity index (χ1) is 11.8. The van der Waals surface area contributed by atoms with E-state index in [1.54, 1.807) is 12.1 Å². The number of nitrogens with one attached hydrogen (secondary N) is 1. The largest absolute Gasteiger partial charge is 0.494 e. The van der Waals surface area contributed by atoms with Gasteiger partial charge >= 0.3 is 7.12 Å². The van der Waals surface area contributed by atoms with E-state index in [-0.39, 0.29) is 17.1 Å². The predicted molar refractivity (Wildman–Crippen MR) is 95.4 cm³/mol. The van der Waals surface area contributed by atoms with E-state index in [1.165, 1.54) is 6.20 Å². The van der Waals surface area contributed by atoms with E-state index in [1.807, 2.05) is 52.0 Å². The van der Waals surface area contributed by atoms with Gasteiger partial charge in [-0.3, -0.25) is 4.79 Å². The lowest BCUT2D eigenvalue weighted by atomic mass is 9.78. The molecule has 2 aromatic rings. The van der Waals surface area contributed by atoms with Crippen LogP contribution in [-0.4, -0.2) is 34.4 Å². The molecular weight excluding hydrogens is 317 g/mol. The monoisotopic (exact) mass is 339 g/mol. The fourth-order valence-corrected chi connectivity index (χ4v) is 2.52. The van der Waals surface area contributed by atoms with Crippen LogP contribution in [0.15, 0.2) is 42.6 Å². The van der Waals surface area contributed by atoms with Crippen LogP contribution >= 0.6 is 0 Å². The van der Waals surface area contributed by atoms with Crippen molar-refractivity contribution in [1.82, 2.24) is 15.5 Å². The average molecular weight is 339 g/mol. The maximum absolute atomic E-state index is 12.1. The Morgan fingerprint density at radius 3 is 2.48 bits per heavy atom. The van der Waals surface area contributed by atoms with Gasteiger partial charge in [-0.1, -0.05) is 24.3 Å². The van der Waals surface area contributed by atoms with Crippen molar-refractivity contribution in [2.75, 3.05) is 0 Å². The van der Waals surface area contributed by atoms with Gasteiger partial charge in [-0.2, -0.15) is 5.10 Å². The molecule has 1 N–H and O–H groups in total. The lowest BCUT2D eigenvalue weighted by Crippen LogP contribution is -2.41. The standard InChI is InChI=1S/C18H22BN3O3/c1-17(2)18(3,4)25-19(24-17)14-8-5-7-13(11-14)12-20-16(23)15-9-6-10-21-22-15/h5-11H,12H2,1-4H3,(H,20,23). The Morgan fingerprint density at radius 2 is 1.84 bits per heavy atom. The van der Waals surface area contributed by atoms with Crippen LogP contribution in [0.4, 0.5) is 0 Å². The van der Waals surface area contributed by atoms with Gasteiger partial charge in [-0.15, -0.1) is 5.10 Å². The fourth-order valence-electron chi connectivity index (χ4n) is 2.52. The third kappa shape index (κ3) is 3.72. The highest BCUT2D eigenvalue weighted by Crippen LogP contribution is 2.36. The summed E-state index contributed by atoms with van der Waals surface area (Å²) in [5, 5.41) is 10.4. The topological polar surface area (TPSA) is 73.3 Å². The second-order valence-electron chi connectivity index (χ2n) is 7.12. The summed E-state index contributed by atoms with van der Waals surface area (Å²) in [6.45, 7) is 8.49. The molecule has 0 radical (unpaired) electrons. The van der Waals surface area contributed by atoms with Crippen molar-refractivity contribution < 1.29 is 14.1 Å².